The molecule has 2 aromatic rings. The summed E-state index contributed by atoms with van der Waals surface area (Å²) in [6, 6.07) is 12.5. The highest BCUT2D eigenvalue weighted by molar-refractivity contribution is 5.94. The van der Waals surface area contributed by atoms with Crippen molar-refractivity contribution in [1.29, 1.82) is 0 Å². The molecule has 0 saturated heterocycles. The third-order valence-corrected chi connectivity index (χ3v) is 3.14. The molecule has 0 fully saturated rings. The van der Waals surface area contributed by atoms with E-state index >= 15 is 0 Å². The van der Waals surface area contributed by atoms with Crippen LogP contribution in [-0.4, -0.2) is 33.9 Å². The largest absolute Gasteiger partial charge is 0.478 e. The lowest BCUT2D eigenvalue weighted by Gasteiger charge is -2.17. The molecule has 0 aliphatic heterocycles. The van der Waals surface area contributed by atoms with Crippen molar-refractivity contribution in [3.8, 4) is 0 Å². The van der Waals surface area contributed by atoms with Gasteiger partial charge in [0.15, 0.2) is 0 Å². The van der Waals surface area contributed by atoms with Gasteiger partial charge < -0.3 is 10.0 Å². The smallest absolute Gasteiger partial charge is 0.337 e. The topological polar surface area (TPSA) is 70.5 Å². The number of carbonyl (C=O) groups excluding carboxylic acids is 1. The Morgan fingerprint density at radius 2 is 1.81 bits per heavy atom. The highest BCUT2D eigenvalue weighted by Gasteiger charge is 2.16. The lowest BCUT2D eigenvalue weighted by molar-refractivity contribution is 0.0693. The summed E-state index contributed by atoms with van der Waals surface area (Å²) in [5.41, 5.74) is 1.71. The van der Waals surface area contributed by atoms with Crippen LogP contribution in [0, 0.1) is 6.92 Å². The maximum atomic E-state index is 12.3. The van der Waals surface area contributed by atoms with Crippen LogP contribution in [0.4, 0.5) is 0 Å². The minimum atomic E-state index is -1.04. The van der Waals surface area contributed by atoms with Crippen LogP contribution in [-0.2, 0) is 6.54 Å². The maximum absolute atomic E-state index is 12.3. The molecule has 1 aromatic heterocycles. The summed E-state index contributed by atoms with van der Waals surface area (Å²) in [4.78, 5) is 28.9. The first-order valence-corrected chi connectivity index (χ1v) is 6.49. The molecule has 0 aliphatic rings. The second kappa shape index (κ2) is 6.17. The Kier molecular flexibility index (Phi) is 4.33. The van der Waals surface area contributed by atoms with Crippen LogP contribution in [0.1, 0.15) is 32.1 Å². The lowest BCUT2D eigenvalue weighted by Crippen LogP contribution is -2.27. The fraction of sp³-hybridized carbons (Fsp3) is 0.188. The standard InChI is InChI=1S/C16H16N2O3/c1-11-13(16(20)21)8-9-14(17-11)15(19)18(2)10-12-6-4-3-5-7-12/h3-9H,10H2,1-2H3,(H,20,21). The van der Waals surface area contributed by atoms with Crippen LogP contribution in [0.5, 0.6) is 0 Å². The molecule has 0 bridgehead atoms. The van der Waals surface area contributed by atoms with E-state index in [2.05, 4.69) is 4.98 Å². The highest BCUT2D eigenvalue weighted by atomic mass is 16.4. The van der Waals surface area contributed by atoms with Crippen molar-refractivity contribution < 1.29 is 14.7 Å². The number of hydrogen-bond acceptors (Lipinski definition) is 3. The van der Waals surface area contributed by atoms with Gasteiger partial charge in [0.05, 0.1) is 11.3 Å². The van der Waals surface area contributed by atoms with Crippen molar-refractivity contribution in [3.63, 3.8) is 0 Å². The molecule has 1 aromatic carbocycles. The zero-order valence-electron chi connectivity index (χ0n) is 11.9. The van der Waals surface area contributed by atoms with E-state index in [1.807, 2.05) is 30.3 Å². The number of carboxylic acid groups (broad SMARTS) is 1. The quantitative estimate of drug-likeness (QED) is 0.935. The molecule has 5 heteroatoms. The van der Waals surface area contributed by atoms with Crippen LogP contribution in [0.3, 0.4) is 0 Å². The number of aromatic nitrogens is 1. The normalized spacial score (nSPS) is 10.2. The molecule has 1 N–H and O–H groups in total. The van der Waals surface area contributed by atoms with Crippen LogP contribution in [0.2, 0.25) is 0 Å². The predicted molar refractivity (Wildman–Crippen MR) is 78.2 cm³/mol. The third kappa shape index (κ3) is 3.45. The van der Waals surface area contributed by atoms with Gasteiger partial charge in [-0.05, 0) is 24.6 Å². The molecule has 1 heterocycles. The van der Waals surface area contributed by atoms with Gasteiger partial charge in [0.1, 0.15) is 5.69 Å². The van der Waals surface area contributed by atoms with E-state index in [0.717, 1.165) is 5.56 Å². The van der Waals surface area contributed by atoms with Gasteiger partial charge in [-0.1, -0.05) is 30.3 Å². The first-order valence-electron chi connectivity index (χ1n) is 6.49. The Hall–Kier alpha value is -2.69. The number of aromatic carboxylic acids is 1. The number of carbonyl (C=O) groups is 2. The minimum Gasteiger partial charge on any atom is -0.478 e. The van der Waals surface area contributed by atoms with Gasteiger partial charge in [0.2, 0.25) is 0 Å². The number of carboxylic acids is 1. The average molecular weight is 284 g/mol. The highest BCUT2D eigenvalue weighted by Crippen LogP contribution is 2.10. The van der Waals surface area contributed by atoms with E-state index in [9.17, 15) is 9.59 Å². The van der Waals surface area contributed by atoms with Gasteiger partial charge >= 0.3 is 5.97 Å². The summed E-state index contributed by atoms with van der Waals surface area (Å²) >= 11 is 0. The number of aryl methyl sites for hydroxylation is 1. The molecule has 0 aliphatic carbocycles. The van der Waals surface area contributed by atoms with Gasteiger partial charge in [0.25, 0.3) is 5.91 Å². The van der Waals surface area contributed by atoms with Gasteiger partial charge in [-0.15, -0.1) is 0 Å². The zero-order valence-corrected chi connectivity index (χ0v) is 11.9. The summed E-state index contributed by atoms with van der Waals surface area (Å²) in [6.07, 6.45) is 0. The van der Waals surface area contributed by atoms with Crippen molar-refractivity contribution >= 4 is 11.9 Å². The number of benzene rings is 1. The molecule has 1 amide bonds. The lowest BCUT2D eigenvalue weighted by atomic mass is 10.1. The Labute approximate surface area is 122 Å². The number of hydrogen-bond donors (Lipinski definition) is 1. The summed E-state index contributed by atoms with van der Waals surface area (Å²) in [6.45, 7) is 2.05. The number of rotatable bonds is 4. The Balaban J connectivity index is 2.16. The molecule has 5 nitrogen and oxygen atoms in total. The van der Waals surface area contributed by atoms with Gasteiger partial charge in [-0.3, -0.25) is 4.79 Å². The van der Waals surface area contributed by atoms with E-state index < -0.39 is 5.97 Å². The Bertz CT molecular complexity index is 668. The Morgan fingerprint density at radius 3 is 2.38 bits per heavy atom. The second-order valence-electron chi connectivity index (χ2n) is 4.78. The molecule has 0 spiro atoms. The van der Waals surface area contributed by atoms with Crippen molar-refractivity contribution in [3.05, 3.63) is 65.0 Å². The van der Waals surface area contributed by atoms with Crippen molar-refractivity contribution in [1.82, 2.24) is 9.88 Å². The summed E-state index contributed by atoms with van der Waals surface area (Å²) in [7, 11) is 1.69. The molecule has 108 valence electrons. The molecule has 0 radical (unpaired) electrons. The van der Waals surface area contributed by atoms with Crippen molar-refractivity contribution in [2.75, 3.05) is 7.05 Å². The predicted octanol–water partition coefficient (Wildman–Crippen LogP) is 2.36. The molecular weight excluding hydrogens is 268 g/mol. The third-order valence-electron chi connectivity index (χ3n) is 3.14. The zero-order chi connectivity index (χ0) is 15.4. The molecule has 21 heavy (non-hydrogen) atoms. The van der Waals surface area contributed by atoms with E-state index in [-0.39, 0.29) is 17.2 Å². The monoisotopic (exact) mass is 284 g/mol. The van der Waals surface area contributed by atoms with Crippen LogP contribution >= 0.6 is 0 Å². The van der Waals surface area contributed by atoms with Gasteiger partial charge in [0, 0.05) is 13.6 Å². The number of nitrogens with zero attached hydrogens (tertiary/aromatic N) is 2. The van der Waals surface area contributed by atoms with Gasteiger partial charge in [-0.25, -0.2) is 9.78 Å². The second-order valence-corrected chi connectivity index (χ2v) is 4.78. The Morgan fingerprint density at radius 1 is 1.14 bits per heavy atom. The first kappa shape index (κ1) is 14.7. The summed E-state index contributed by atoms with van der Waals surface area (Å²) in [5, 5.41) is 8.96. The van der Waals surface area contributed by atoms with Crippen molar-refractivity contribution in [2.24, 2.45) is 0 Å². The molecule has 0 saturated carbocycles. The molecular formula is C16H16N2O3. The van der Waals surface area contributed by atoms with E-state index in [1.165, 1.54) is 12.1 Å². The molecule has 0 atom stereocenters. The van der Waals surface area contributed by atoms with Crippen molar-refractivity contribution in [2.45, 2.75) is 13.5 Å². The maximum Gasteiger partial charge on any atom is 0.337 e. The minimum absolute atomic E-state index is 0.109. The van der Waals surface area contributed by atoms with Crippen LogP contribution in [0.15, 0.2) is 42.5 Å². The fourth-order valence-electron chi connectivity index (χ4n) is 2.03. The van der Waals surface area contributed by atoms with E-state index in [0.29, 0.717) is 12.2 Å². The van der Waals surface area contributed by atoms with Gasteiger partial charge in [-0.2, -0.15) is 0 Å². The number of amides is 1. The molecule has 0 unspecified atom stereocenters. The number of pyridine rings is 1. The summed E-state index contributed by atoms with van der Waals surface area (Å²) < 4.78 is 0. The SMILES string of the molecule is Cc1nc(C(=O)N(C)Cc2ccccc2)ccc1C(=O)O. The fourth-order valence-corrected chi connectivity index (χ4v) is 2.03. The van der Waals surface area contributed by atoms with E-state index in [1.54, 1.807) is 18.9 Å². The summed E-state index contributed by atoms with van der Waals surface area (Å²) in [5.74, 6) is -1.28. The van der Waals surface area contributed by atoms with Crippen LogP contribution in [0.25, 0.3) is 0 Å². The van der Waals surface area contributed by atoms with E-state index in [4.69, 9.17) is 5.11 Å². The average Bonchev–Trinajstić information content (AvgIpc) is 2.47. The molecule has 2 rings (SSSR count). The van der Waals surface area contributed by atoms with Crippen LogP contribution < -0.4 is 0 Å². The first-order chi connectivity index (χ1) is 9.99.